The van der Waals surface area contributed by atoms with Crippen LogP contribution in [0.2, 0.25) is 0 Å². The number of ketones is 1. The maximum atomic E-state index is 13.8. The van der Waals surface area contributed by atoms with Gasteiger partial charge in [0.2, 0.25) is 17.6 Å². The maximum absolute atomic E-state index is 13.8. The van der Waals surface area contributed by atoms with Crippen molar-refractivity contribution in [2.45, 2.75) is 57.7 Å². The molecule has 42 heavy (non-hydrogen) atoms. The molecular weight excluding hydrogens is 540 g/mol. The van der Waals surface area contributed by atoms with E-state index in [1.807, 2.05) is 18.2 Å². The summed E-state index contributed by atoms with van der Waals surface area (Å²) in [5, 5.41) is 8.21. The highest BCUT2D eigenvalue weighted by Crippen LogP contribution is 2.64. The van der Waals surface area contributed by atoms with Crippen molar-refractivity contribution in [3.63, 3.8) is 0 Å². The normalized spacial score (nSPS) is 26.1. The van der Waals surface area contributed by atoms with Crippen molar-refractivity contribution in [2.24, 2.45) is 23.2 Å². The second-order valence-corrected chi connectivity index (χ2v) is 12.5. The van der Waals surface area contributed by atoms with Crippen molar-refractivity contribution in [3.05, 3.63) is 42.9 Å². The van der Waals surface area contributed by atoms with E-state index in [2.05, 4.69) is 29.8 Å². The summed E-state index contributed by atoms with van der Waals surface area (Å²) in [6, 6.07) is 7.15. The third kappa shape index (κ3) is 5.52. The number of piperidine rings is 1. The minimum Gasteiger partial charge on any atom is -0.484 e. The molecule has 3 N–H and O–H groups in total. The molecule has 222 valence electrons. The monoisotopic (exact) mass is 576 g/mol. The molecular formula is C31H36N4O7. The van der Waals surface area contributed by atoms with Crippen LogP contribution in [0.3, 0.4) is 0 Å². The van der Waals surface area contributed by atoms with Crippen LogP contribution in [-0.2, 0) is 24.0 Å². The molecule has 0 unspecified atom stereocenters. The Balaban J connectivity index is 1.13. The minimum absolute atomic E-state index is 0.0228. The molecule has 6 rings (SSSR count). The zero-order chi connectivity index (χ0) is 29.6. The van der Waals surface area contributed by atoms with Crippen LogP contribution in [0.5, 0.6) is 5.75 Å². The summed E-state index contributed by atoms with van der Waals surface area (Å²) in [4.78, 5) is 66.8. The fourth-order valence-electron chi connectivity index (χ4n) is 6.53. The van der Waals surface area contributed by atoms with Crippen LogP contribution in [0.1, 0.15) is 39.5 Å². The van der Waals surface area contributed by atoms with Gasteiger partial charge in [-0.1, -0.05) is 26.0 Å². The van der Waals surface area contributed by atoms with Crippen molar-refractivity contribution in [3.8, 4) is 16.9 Å². The Labute approximate surface area is 243 Å². The lowest BCUT2D eigenvalue weighted by Gasteiger charge is -2.31. The molecule has 4 fully saturated rings. The summed E-state index contributed by atoms with van der Waals surface area (Å²) < 4.78 is 10.9. The fourth-order valence-corrected chi connectivity index (χ4v) is 6.53. The lowest BCUT2D eigenvalue weighted by Crippen LogP contribution is -2.56. The minimum atomic E-state index is -1.16. The second kappa shape index (κ2) is 10.9. The van der Waals surface area contributed by atoms with Gasteiger partial charge in [0.15, 0.2) is 6.61 Å². The van der Waals surface area contributed by atoms with Gasteiger partial charge in [-0.2, -0.15) is 0 Å². The molecule has 1 aromatic carbocycles. The molecule has 4 aliphatic rings. The lowest BCUT2D eigenvalue weighted by molar-refractivity contribution is -0.144. The predicted molar refractivity (Wildman–Crippen MR) is 150 cm³/mol. The molecule has 0 radical (unpaired) electrons. The number of likely N-dealkylation sites (tertiary alicyclic amines) is 1. The largest absolute Gasteiger partial charge is 0.484 e. The first-order valence-corrected chi connectivity index (χ1v) is 14.6. The van der Waals surface area contributed by atoms with Gasteiger partial charge in [-0.05, 0) is 66.7 Å². The van der Waals surface area contributed by atoms with Crippen LogP contribution >= 0.6 is 0 Å². The van der Waals surface area contributed by atoms with E-state index >= 15 is 0 Å². The van der Waals surface area contributed by atoms with Crippen LogP contribution < -0.4 is 20.7 Å². The fraction of sp³-hybridized carbons (Fsp3) is 0.516. The number of fused-ring (bicyclic) bond motifs is 1. The van der Waals surface area contributed by atoms with Crippen LogP contribution in [0, 0.1) is 23.2 Å². The van der Waals surface area contributed by atoms with E-state index in [1.54, 1.807) is 24.7 Å². The Morgan fingerprint density at radius 2 is 1.86 bits per heavy atom. The number of nitrogens with zero attached hydrogens (tertiary/aromatic N) is 1. The van der Waals surface area contributed by atoms with Gasteiger partial charge in [0, 0.05) is 30.6 Å². The first-order valence-electron chi connectivity index (χ1n) is 14.6. The highest BCUT2D eigenvalue weighted by atomic mass is 16.5. The van der Waals surface area contributed by atoms with E-state index in [1.165, 1.54) is 4.90 Å². The summed E-state index contributed by atoms with van der Waals surface area (Å²) in [6.07, 6.45) is 5.42. The molecule has 2 saturated carbocycles. The average Bonchev–Trinajstić information content (AvgIpc) is 3.55. The molecule has 2 aromatic rings. The molecule has 4 amide bonds. The number of furan rings is 1. The Morgan fingerprint density at radius 3 is 2.50 bits per heavy atom. The lowest BCUT2D eigenvalue weighted by atomic mass is 9.94. The molecule has 11 heteroatoms. The average molecular weight is 577 g/mol. The molecule has 0 spiro atoms. The van der Waals surface area contributed by atoms with Crippen LogP contribution in [0.25, 0.3) is 11.1 Å². The van der Waals surface area contributed by atoms with Crippen molar-refractivity contribution < 1.29 is 33.1 Å². The van der Waals surface area contributed by atoms with Crippen LogP contribution in [-0.4, -0.2) is 72.1 Å². The van der Waals surface area contributed by atoms with E-state index in [0.717, 1.165) is 24.0 Å². The van der Waals surface area contributed by atoms with E-state index in [0.29, 0.717) is 25.3 Å². The van der Waals surface area contributed by atoms with Gasteiger partial charge >= 0.3 is 0 Å². The van der Waals surface area contributed by atoms with Crippen LogP contribution in [0.4, 0.5) is 0 Å². The number of nitrogens with one attached hydrogen (secondary N) is 3. The number of Topliss-reactive ketones (excluding diaryl/α,β-unsaturated/α-hetero) is 1. The Bertz CT molecular complexity index is 1380. The summed E-state index contributed by atoms with van der Waals surface area (Å²) >= 11 is 0. The van der Waals surface area contributed by atoms with Crippen molar-refractivity contribution in [1.82, 2.24) is 20.9 Å². The van der Waals surface area contributed by atoms with Gasteiger partial charge in [-0.15, -0.1) is 0 Å². The summed E-state index contributed by atoms with van der Waals surface area (Å²) in [5.41, 5.74) is 1.74. The molecule has 1 aromatic heterocycles. The number of rotatable bonds is 11. The first kappa shape index (κ1) is 28.0. The van der Waals surface area contributed by atoms with Crippen LogP contribution in [0.15, 0.2) is 47.3 Å². The van der Waals surface area contributed by atoms with Gasteiger partial charge in [0.1, 0.15) is 11.8 Å². The predicted octanol–water partition coefficient (Wildman–Crippen LogP) is 1.67. The number of hydrogen-bond donors (Lipinski definition) is 3. The molecule has 3 heterocycles. The molecule has 11 nitrogen and oxygen atoms in total. The number of hydrogen-bond acceptors (Lipinski definition) is 7. The van der Waals surface area contributed by atoms with Crippen molar-refractivity contribution in [2.75, 3.05) is 19.7 Å². The highest BCUT2D eigenvalue weighted by Gasteiger charge is 2.69. The van der Waals surface area contributed by atoms with E-state index in [4.69, 9.17) is 9.15 Å². The third-order valence-electron chi connectivity index (χ3n) is 9.32. The standard InChI is InChI=1S/C31H36N4O7/c1-31(2)22-14-35(24(36)16-42-21-7-3-17(4-8-21)19-10-12-41-15-19)26(25(22)31)29(39)34-23(13-18-9-11-32-28(18)38)27(37)30(40)33-20-5-6-20/h3-4,7-8,10,12,15,18,20,22-23,25-26H,5-6,9,11,13-14,16H2,1-2H3,(H,32,38)(H,33,40)(H,34,39)/t18-,22-,23-,25-,26-/m0/s1. The van der Waals surface area contributed by atoms with E-state index < -0.39 is 35.6 Å². The number of carbonyl (C=O) groups is 5. The maximum Gasteiger partial charge on any atom is 0.289 e. The molecule has 2 aliphatic carbocycles. The van der Waals surface area contributed by atoms with E-state index in [-0.39, 0.29) is 48.1 Å². The summed E-state index contributed by atoms with van der Waals surface area (Å²) in [7, 11) is 0. The van der Waals surface area contributed by atoms with Crippen molar-refractivity contribution in [1.29, 1.82) is 0 Å². The second-order valence-electron chi connectivity index (χ2n) is 12.5. The highest BCUT2D eigenvalue weighted by molar-refractivity contribution is 6.38. The Kier molecular flexibility index (Phi) is 7.28. The van der Waals surface area contributed by atoms with Gasteiger partial charge < -0.3 is 30.0 Å². The number of ether oxygens (including phenoxy) is 1. The summed E-state index contributed by atoms with van der Waals surface area (Å²) in [5.74, 6) is -2.43. The number of carbonyl (C=O) groups excluding carboxylic acids is 5. The SMILES string of the molecule is CC1(C)[C@@H]2[C@@H](C(=O)N[C@@H](C[C@@H]3CCNC3=O)C(=O)C(=O)NC3CC3)N(C(=O)COc3ccc(-c4ccoc4)cc3)C[C@@H]21. The first-order chi connectivity index (χ1) is 20.1. The smallest absolute Gasteiger partial charge is 0.289 e. The topological polar surface area (TPSA) is 147 Å². The van der Waals surface area contributed by atoms with Gasteiger partial charge in [-0.25, -0.2) is 0 Å². The van der Waals surface area contributed by atoms with Gasteiger partial charge in [-0.3, -0.25) is 24.0 Å². The van der Waals surface area contributed by atoms with Gasteiger partial charge in [0.25, 0.3) is 11.8 Å². The molecule has 0 bridgehead atoms. The van der Waals surface area contributed by atoms with E-state index in [9.17, 15) is 24.0 Å². The Hall–Kier alpha value is -4.15. The van der Waals surface area contributed by atoms with Gasteiger partial charge in [0.05, 0.1) is 18.6 Å². The number of benzene rings is 1. The molecule has 5 atom stereocenters. The molecule has 2 saturated heterocycles. The summed E-state index contributed by atoms with van der Waals surface area (Å²) in [6.45, 7) is 4.78. The Morgan fingerprint density at radius 1 is 1.10 bits per heavy atom. The molecule has 2 aliphatic heterocycles. The quantitative estimate of drug-likeness (QED) is 0.345. The third-order valence-corrected chi connectivity index (χ3v) is 9.32. The number of amides is 4. The zero-order valence-corrected chi connectivity index (χ0v) is 23.8. The van der Waals surface area contributed by atoms with Crippen molar-refractivity contribution >= 4 is 29.4 Å². The zero-order valence-electron chi connectivity index (χ0n) is 23.8.